The largest absolute Gasteiger partial charge is 0.255 e. The molecule has 0 aliphatic carbocycles. The molecule has 0 aromatic heterocycles. The van der Waals surface area contributed by atoms with Crippen LogP contribution in [0.15, 0.2) is 0 Å². The van der Waals surface area contributed by atoms with Gasteiger partial charge in [0, 0.05) is 0 Å². The topological polar surface area (TPSA) is 0 Å². The Balaban J connectivity index is 0. The molecule has 0 aromatic carbocycles. The highest BCUT2D eigenvalue weighted by atomic mass is 35.5. The molecule has 0 N–H and O–H groups in total. The van der Waals surface area contributed by atoms with E-state index >= 15 is 0 Å². The Hall–Kier alpha value is 0.822. The van der Waals surface area contributed by atoms with Gasteiger partial charge in [0.15, 0.2) is 0 Å². The number of hydrogen-bond donors (Lipinski definition) is 0. The standard InChI is InChI=1S/C13H27.2CH3.Al.ClH/c1-3-5-7-9-11-13-12-10-8-6-4-2;;;;/h1,3-13H2,2H3;2*1H3;;1H. The molecule has 17 heavy (non-hydrogen) atoms. The van der Waals surface area contributed by atoms with Crippen molar-refractivity contribution >= 4 is 26.6 Å². The van der Waals surface area contributed by atoms with E-state index in [2.05, 4.69) is 18.5 Å². The van der Waals surface area contributed by atoms with Crippen LogP contribution >= 0.6 is 12.4 Å². The molecule has 0 amide bonds. The van der Waals surface area contributed by atoms with Crippen molar-refractivity contribution in [3.63, 3.8) is 0 Å². The summed E-state index contributed by atoms with van der Waals surface area (Å²) in [6.45, 7) is 2.29. The first kappa shape index (κ1) is 20.1. The van der Waals surface area contributed by atoms with E-state index in [1.807, 2.05) is 0 Å². The third kappa shape index (κ3) is 19.3. The number of rotatable bonds is 12. The molecule has 0 aliphatic rings. The van der Waals surface area contributed by atoms with Crippen molar-refractivity contribution in [3.05, 3.63) is 0 Å². The minimum Gasteiger partial charge on any atom is -0.147 e. The van der Waals surface area contributed by atoms with Gasteiger partial charge in [-0.3, -0.25) is 0 Å². The first-order chi connectivity index (χ1) is 7.77. The minimum absolute atomic E-state index is 0. The molecular weight excluding hydrogens is 243 g/mol. The van der Waals surface area contributed by atoms with Gasteiger partial charge in [-0.25, -0.2) is 0 Å². The van der Waals surface area contributed by atoms with Crippen molar-refractivity contribution in [2.75, 3.05) is 0 Å². The molecule has 0 atom stereocenters. The van der Waals surface area contributed by atoms with Gasteiger partial charge < -0.3 is 0 Å². The fourth-order valence-electron chi connectivity index (χ4n) is 2.22. The Labute approximate surface area is 121 Å². The van der Waals surface area contributed by atoms with E-state index in [4.69, 9.17) is 0 Å². The van der Waals surface area contributed by atoms with Crippen LogP contribution in [0.3, 0.4) is 0 Å². The SMILES string of the molecule is CCCCCCCCCCCC[CH2][Al]([CH3])[CH3].Cl. The summed E-state index contributed by atoms with van der Waals surface area (Å²) in [7, 11) is 0. The van der Waals surface area contributed by atoms with Crippen molar-refractivity contribution in [3.8, 4) is 0 Å². The lowest BCUT2D eigenvalue weighted by Crippen LogP contribution is -1.97. The van der Waals surface area contributed by atoms with E-state index in [1.165, 1.54) is 70.6 Å². The number of hydrogen-bond acceptors (Lipinski definition) is 0. The fraction of sp³-hybridized carbons (Fsp3) is 1.00. The zero-order valence-electron chi connectivity index (χ0n) is 12.5. The van der Waals surface area contributed by atoms with Crippen LogP contribution in [0.4, 0.5) is 0 Å². The molecule has 104 valence electrons. The Bertz CT molecular complexity index is 126. The van der Waals surface area contributed by atoms with Gasteiger partial charge >= 0.3 is 0 Å². The number of unbranched alkanes of at least 4 members (excludes halogenated alkanes) is 10. The monoisotopic (exact) mass is 276 g/mol. The number of halogens is 1. The summed E-state index contributed by atoms with van der Waals surface area (Å²) in [5, 5.41) is 1.57. The van der Waals surface area contributed by atoms with Crippen LogP contribution in [-0.2, 0) is 0 Å². The molecule has 0 aromatic rings. The van der Waals surface area contributed by atoms with E-state index in [-0.39, 0.29) is 26.6 Å². The zero-order chi connectivity index (χ0) is 12.1. The fourth-order valence-corrected chi connectivity index (χ4v) is 3.32. The highest BCUT2D eigenvalue weighted by Crippen LogP contribution is 2.12. The summed E-state index contributed by atoms with van der Waals surface area (Å²) in [5.74, 6) is 4.94. The van der Waals surface area contributed by atoms with E-state index in [9.17, 15) is 0 Å². The third-order valence-corrected chi connectivity index (χ3v) is 4.95. The molecule has 0 unspecified atom stereocenters. The van der Waals surface area contributed by atoms with Crippen LogP contribution in [0.5, 0.6) is 0 Å². The molecule has 2 heteroatoms. The zero-order valence-corrected chi connectivity index (χ0v) is 14.4. The Morgan fingerprint density at radius 3 is 1.29 bits per heavy atom. The Morgan fingerprint density at radius 2 is 0.941 bits per heavy atom. The van der Waals surface area contributed by atoms with Gasteiger partial charge in [-0.1, -0.05) is 82.8 Å². The second-order valence-corrected chi connectivity index (χ2v) is 9.08. The minimum atomic E-state index is -0.252. The van der Waals surface area contributed by atoms with Crippen molar-refractivity contribution < 1.29 is 0 Å². The molecule has 0 aliphatic heterocycles. The van der Waals surface area contributed by atoms with Crippen molar-refractivity contribution in [2.24, 2.45) is 0 Å². The molecule has 0 nitrogen and oxygen atoms in total. The molecule has 0 saturated heterocycles. The normalized spacial score (nSPS) is 10.1. The summed E-state index contributed by atoms with van der Waals surface area (Å²) in [6.07, 6.45) is 16.2. The lowest BCUT2D eigenvalue weighted by Gasteiger charge is -2.02. The summed E-state index contributed by atoms with van der Waals surface area (Å²) in [5.41, 5.74) is 0. The van der Waals surface area contributed by atoms with Crippen LogP contribution in [0.2, 0.25) is 16.9 Å². The molecule has 0 bridgehead atoms. The predicted molar refractivity (Wildman–Crippen MR) is 86.0 cm³/mol. The highest BCUT2D eigenvalue weighted by Gasteiger charge is 2.00. The summed E-state index contributed by atoms with van der Waals surface area (Å²) in [4.78, 5) is 0. The first-order valence-electron chi connectivity index (χ1n) is 7.77. The van der Waals surface area contributed by atoms with E-state index < -0.39 is 0 Å². The molecule has 0 heterocycles. The van der Waals surface area contributed by atoms with Crippen LogP contribution in [0.1, 0.15) is 77.6 Å². The summed E-state index contributed by atoms with van der Waals surface area (Å²) < 4.78 is 0. The van der Waals surface area contributed by atoms with Crippen LogP contribution < -0.4 is 0 Å². The van der Waals surface area contributed by atoms with E-state index in [0.717, 1.165) is 0 Å². The van der Waals surface area contributed by atoms with Gasteiger partial charge in [-0.15, -0.1) is 24.0 Å². The second kappa shape index (κ2) is 16.8. The average molecular weight is 277 g/mol. The molecule has 0 fully saturated rings. The van der Waals surface area contributed by atoms with Crippen molar-refractivity contribution in [2.45, 2.75) is 94.4 Å². The van der Waals surface area contributed by atoms with E-state index in [0.29, 0.717) is 0 Å². The highest BCUT2D eigenvalue weighted by molar-refractivity contribution is 6.55. The first-order valence-corrected chi connectivity index (χ1v) is 10.9. The Kier molecular flexibility index (Phi) is 19.9. The molecule has 0 saturated carbocycles. The van der Waals surface area contributed by atoms with Crippen LogP contribution in [0, 0.1) is 0 Å². The van der Waals surface area contributed by atoms with Crippen LogP contribution in [0.25, 0.3) is 0 Å². The predicted octanol–water partition coefficient (Wildman–Crippen LogP) is 6.47. The lowest BCUT2D eigenvalue weighted by atomic mass is 10.1. The maximum absolute atomic E-state index is 2.47. The van der Waals surface area contributed by atoms with Gasteiger partial charge in [-0.05, 0) is 0 Å². The summed E-state index contributed by atoms with van der Waals surface area (Å²) >= 11 is -0.252. The van der Waals surface area contributed by atoms with Crippen molar-refractivity contribution in [1.82, 2.24) is 0 Å². The van der Waals surface area contributed by atoms with E-state index in [1.54, 1.807) is 5.28 Å². The smallest absolute Gasteiger partial charge is 0.147 e. The second-order valence-electron chi connectivity index (χ2n) is 5.72. The quantitative estimate of drug-likeness (QED) is 0.283. The molecular formula is C15H34AlCl. The van der Waals surface area contributed by atoms with Gasteiger partial charge in [0.2, 0.25) is 0 Å². The lowest BCUT2D eigenvalue weighted by molar-refractivity contribution is 0.554. The molecule has 0 spiro atoms. The van der Waals surface area contributed by atoms with Gasteiger partial charge in [0.05, 0.1) is 0 Å². The Morgan fingerprint density at radius 1 is 0.588 bits per heavy atom. The molecule has 0 radical (unpaired) electrons. The van der Waals surface area contributed by atoms with Crippen LogP contribution in [-0.4, -0.2) is 14.1 Å². The van der Waals surface area contributed by atoms with Gasteiger partial charge in [0.25, 0.3) is 14.1 Å². The maximum Gasteiger partial charge on any atom is 0.255 e. The molecule has 0 rings (SSSR count). The van der Waals surface area contributed by atoms with Gasteiger partial charge in [0.1, 0.15) is 0 Å². The summed E-state index contributed by atoms with van der Waals surface area (Å²) in [6, 6.07) is 0. The third-order valence-electron chi connectivity index (χ3n) is 3.39. The maximum atomic E-state index is 2.47. The average Bonchev–Trinajstić information content (AvgIpc) is 2.25. The van der Waals surface area contributed by atoms with Crippen molar-refractivity contribution in [1.29, 1.82) is 0 Å². The van der Waals surface area contributed by atoms with Gasteiger partial charge in [-0.2, -0.15) is 0 Å².